The summed E-state index contributed by atoms with van der Waals surface area (Å²) in [5.74, 6) is -1.31. The largest absolute Gasteiger partial charge is 0.465 e. The van der Waals surface area contributed by atoms with E-state index in [2.05, 4.69) is 5.10 Å². The van der Waals surface area contributed by atoms with E-state index in [1.165, 1.54) is 9.91 Å². The predicted octanol–water partition coefficient (Wildman–Crippen LogP) is 1.98. The molecule has 0 aromatic heterocycles. The number of nitrogens with zero attached hydrogens (tertiary/aromatic N) is 3. The zero-order chi connectivity index (χ0) is 20.7. The van der Waals surface area contributed by atoms with Gasteiger partial charge >= 0.3 is 11.9 Å². The van der Waals surface area contributed by atoms with Gasteiger partial charge in [-0.1, -0.05) is 18.2 Å². The van der Waals surface area contributed by atoms with Gasteiger partial charge in [0.2, 0.25) is 5.91 Å². The standard InChI is InChI=1S/C20H27N3O5/c1-5-27-18(24)13-22(14(3)4)19(25)17-12-16(20(26)28-6-2)21-23(17)15-10-8-7-9-11-15/h7-11,14,17H,5-6,12-13H2,1-4H3. The first-order valence-electron chi connectivity index (χ1n) is 9.44. The van der Waals surface area contributed by atoms with Crippen LogP contribution in [0.15, 0.2) is 35.4 Å². The summed E-state index contributed by atoms with van der Waals surface area (Å²) in [5.41, 5.74) is 0.865. The van der Waals surface area contributed by atoms with E-state index in [1.807, 2.05) is 44.2 Å². The highest BCUT2D eigenvalue weighted by molar-refractivity contribution is 6.38. The molecule has 1 atom stereocenters. The van der Waals surface area contributed by atoms with Crippen LogP contribution < -0.4 is 5.01 Å². The lowest BCUT2D eigenvalue weighted by Gasteiger charge is -2.31. The summed E-state index contributed by atoms with van der Waals surface area (Å²) in [7, 11) is 0. The average Bonchev–Trinajstić information content (AvgIpc) is 3.12. The molecule has 28 heavy (non-hydrogen) atoms. The van der Waals surface area contributed by atoms with Gasteiger partial charge in [0.25, 0.3) is 0 Å². The second kappa shape index (κ2) is 9.87. The maximum Gasteiger partial charge on any atom is 0.354 e. The first-order valence-corrected chi connectivity index (χ1v) is 9.44. The monoisotopic (exact) mass is 389 g/mol. The van der Waals surface area contributed by atoms with Gasteiger partial charge in [0.05, 0.1) is 18.9 Å². The van der Waals surface area contributed by atoms with Gasteiger partial charge in [-0.2, -0.15) is 5.10 Å². The van der Waals surface area contributed by atoms with Crippen molar-refractivity contribution in [2.45, 2.75) is 46.2 Å². The highest BCUT2D eigenvalue weighted by atomic mass is 16.5. The van der Waals surface area contributed by atoms with Gasteiger partial charge in [0.1, 0.15) is 18.3 Å². The molecule has 0 spiro atoms. The molecule has 152 valence electrons. The zero-order valence-corrected chi connectivity index (χ0v) is 16.8. The van der Waals surface area contributed by atoms with Crippen LogP contribution >= 0.6 is 0 Å². The minimum absolute atomic E-state index is 0.110. The molecule has 1 aromatic rings. The van der Waals surface area contributed by atoms with Crippen LogP contribution in [0.5, 0.6) is 0 Å². The van der Waals surface area contributed by atoms with Crippen LogP contribution in [0.1, 0.15) is 34.1 Å². The number of rotatable bonds is 8. The van der Waals surface area contributed by atoms with E-state index in [4.69, 9.17) is 9.47 Å². The molecule has 8 heteroatoms. The molecule has 0 saturated carbocycles. The molecule has 0 fully saturated rings. The molecule has 1 heterocycles. The molecule has 1 unspecified atom stereocenters. The van der Waals surface area contributed by atoms with E-state index >= 15 is 0 Å². The van der Waals surface area contributed by atoms with Gasteiger partial charge < -0.3 is 14.4 Å². The summed E-state index contributed by atoms with van der Waals surface area (Å²) >= 11 is 0. The van der Waals surface area contributed by atoms with Crippen molar-refractivity contribution in [3.8, 4) is 0 Å². The lowest BCUT2D eigenvalue weighted by molar-refractivity contribution is -0.150. The Bertz CT molecular complexity index is 733. The van der Waals surface area contributed by atoms with E-state index in [9.17, 15) is 14.4 Å². The summed E-state index contributed by atoms with van der Waals surface area (Å²) in [6.07, 6.45) is 0.110. The molecule has 0 saturated heterocycles. The predicted molar refractivity (Wildman–Crippen MR) is 105 cm³/mol. The summed E-state index contributed by atoms with van der Waals surface area (Å²) in [6.45, 7) is 7.39. The highest BCUT2D eigenvalue weighted by Crippen LogP contribution is 2.26. The summed E-state index contributed by atoms with van der Waals surface area (Å²) in [4.78, 5) is 38.9. The van der Waals surface area contributed by atoms with Gasteiger partial charge in [0.15, 0.2) is 0 Å². The van der Waals surface area contributed by atoms with Gasteiger partial charge in [-0.15, -0.1) is 0 Å². The summed E-state index contributed by atoms with van der Waals surface area (Å²) in [6, 6.07) is 8.17. The molecule has 8 nitrogen and oxygen atoms in total. The second-order valence-corrected chi connectivity index (χ2v) is 6.53. The quantitative estimate of drug-likeness (QED) is 0.632. The van der Waals surface area contributed by atoms with Crippen molar-refractivity contribution in [2.24, 2.45) is 5.10 Å². The Morgan fingerprint density at radius 2 is 1.79 bits per heavy atom. The van der Waals surface area contributed by atoms with Crippen molar-refractivity contribution >= 4 is 29.2 Å². The number of anilines is 1. The van der Waals surface area contributed by atoms with Gasteiger partial charge in [-0.05, 0) is 39.8 Å². The zero-order valence-electron chi connectivity index (χ0n) is 16.8. The fraction of sp³-hybridized carbons (Fsp3) is 0.500. The molecule has 0 N–H and O–H groups in total. The lowest BCUT2D eigenvalue weighted by Crippen LogP contribution is -2.50. The molecule has 0 radical (unpaired) electrons. The number of ether oxygens (including phenoxy) is 2. The Morgan fingerprint density at radius 3 is 2.36 bits per heavy atom. The number of esters is 2. The van der Waals surface area contributed by atoms with E-state index in [1.54, 1.807) is 13.8 Å². The molecule has 2 rings (SSSR count). The van der Waals surface area contributed by atoms with Crippen LogP contribution in [-0.2, 0) is 23.9 Å². The van der Waals surface area contributed by atoms with E-state index in [0.717, 1.165) is 0 Å². The Hall–Kier alpha value is -2.90. The van der Waals surface area contributed by atoms with Crippen LogP contribution in [0, 0.1) is 0 Å². The van der Waals surface area contributed by atoms with Gasteiger partial charge in [-0.25, -0.2) is 4.79 Å². The van der Waals surface area contributed by atoms with Crippen LogP contribution in [0.4, 0.5) is 5.69 Å². The Labute approximate surface area is 165 Å². The maximum atomic E-state index is 13.3. The number of carbonyl (C=O) groups is 3. The summed E-state index contributed by atoms with van der Waals surface area (Å²) in [5, 5.41) is 5.87. The fourth-order valence-electron chi connectivity index (χ4n) is 2.91. The number of amides is 1. The van der Waals surface area contributed by atoms with Crippen LogP contribution in [0.3, 0.4) is 0 Å². The highest BCUT2D eigenvalue weighted by Gasteiger charge is 2.40. The molecule has 1 aromatic carbocycles. The van der Waals surface area contributed by atoms with Crippen molar-refractivity contribution in [2.75, 3.05) is 24.8 Å². The Morgan fingerprint density at radius 1 is 1.14 bits per heavy atom. The number of hydrogen-bond donors (Lipinski definition) is 0. The van der Waals surface area contributed by atoms with E-state index in [-0.39, 0.29) is 43.8 Å². The molecular weight excluding hydrogens is 362 g/mol. The molecular formula is C20H27N3O5. The van der Waals surface area contributed by atoms with Crippen molar-refractivity contribution in [3.63, 3.8) is 0 Å². The number of benzene rings is 1. The van der Waals surface area contributed by atoms with Crippen molar-refractivity contribution in [1.29, 1.82) is 0 Å². The van der Waals surface area contributed by atoms with Crippen molar-refractivity contribution in [3.05, 3.63) is 30.3 Å². The SMILES string of the molecule is CCOC(=O)CN(C(=O)C1CC(C(=O)OCC)=NN1c1ccccc1)C(C)C. The first kappa shape index (κ1) is 21.4. The number of hydrazone groups is 1. The smallest absolute Gasteiger partial charge is 0.354 e. The molecule has 1 aliphatic rings. The van der Waals surface area contributed by atoms with E-state index in [0.29, 0.717) is 5.69 Å². The third-order valence-corrected chi connectivity index (χ3v) is 4.24. The van der Waals surface area contributed by atoms with E-state index < -0.39 is 18.0 Å². The number of carbonyl (C=O) groups excluding carboxylic acids is 3. The minimum Gasteiger partial charge on any atom is -0.465 e. The number of para-hydroxylation sites is 1. The Kier molecular flexibility index (Phi) is 7.54. The summed E-state index contributed by atoms with van der Waals surface area (Å²) < 4.78 is 10.0. The molecule has 1 amide bonds. The van der Waals surface area contributed by atoms with Gasteiger partial charge in [-0.3, -0.25) is 14.6 Å². The van der Waals surface area contributed by atoms with Crippen LogP contribution in [0.25, 0.3) is 0 Å². The molecule has 0 bridgehead atoms. The van der Waals surface area contributed by atoms with Crippen LogP contribution in [0.2, 0.25) is 0 Å². The Balaban J connectivity index is 2.30. The third kappa shape index (κ3) is 5.09. The maximum absolute atomic E-state index is 13.3. The molecule has 0 aliphatic carbocycles. The average molecular weight is 389 g/mol. The normalized spacial score (nSPS) is 16.0. The van der Waals surface area contributed by atoms with Gasteiger partial charge in [0, 0.05) is 12.5 Å². The second-order valence-electron chi connectivity index (χ2n) is 6.53. The fourth-order valence-corrected chi connectivity index (χ4v) is 2.91. The minimum atomic E-state index is -0.737. The topological polar surface area (TPSA) is 88.5 Å². The number of hydrogen-bond acceptors (Lipinski definition) is 7. The third-order valence-electron chi connectivity index (χ3n) is 4.24. The van der Waals surface area contributed by atoms with Crippen molar-refractivity contribution < 1.29 is 23.9 Å². The first-order chi connectivity index (χ1) is 13.4. The lowest BCUT2D eigenvalue weighted by atomic mass is 10.1. The van der Waals surface area contributed by atoms with Crippen molar-refractivity contribution in [1.82, 2.24) is 4.90 Å². The molecule has 1 aliphatic heterocycles. The van der Waals surface area contributed by atoms with Crippen LogP contribution in [-0.4, -0.2) is 60.3 Å².